The second-order valence-corrected chi connectivity index (χ2v) is 8.94. The second kappa shape index (κ2) is 12.2. The van der Waals surface area contributed by atoms with Crippen LogP contribution >= 0.6 is 11.3 Å². The molecule has 1 saturated heterocycles. The summed E-state index contributed by atoms with van der Waals surface area (Å²) in [6.45, 7) is 14.3. The Morgan fingerprint density at radius 2 is 1.84 bits per heavy atom. The third-order valence-corrected chi connectivity index (χ3v) is 6.89. The number of carbonyl (C=O) groups excluding carboxylic acids is 1. The number of rotatable bonds is 10. The van der Waals surface area contributed by atoms with Gasteiger partial charge in [0.15, 0.2) is 0 Å². The van der Waals surface area contributed by atoms with Crippen LogP contribution in [-0.2, 0) is 11.3 Å². The van der Waals surface area contributed by atoms with Crippen LogP contribution in [0.25, 0.3) is 0 Å². The SMILES string of the molecule is CCN(CC)CCN(Cc1cccs1)C(=O)Nc1ccc(C(C)N2CCOCC2)cc1. The van der Waals surface area contributed by atoms with E-state index in [1.807, 2.05) is 23.1 Å². The number of hydrogen-bond donors (Lipinski definition) is 1. The first-order chi connectivity index (χ1) is 15.1. The molecular formula is C24H36N4O2S. The number of urea groups is 1. The maximum atomic E-state index is 13.1. The van der Waals surface area contributed by atoms with Crippen LogP contribution in [0.5, 0.6) is 0 Å². The summed E-state index contributed by atoms with van der Waals surface area (Å²) in [5.74, 6) is 0. The molecule has 6 nitrogen and oxygen atoms in total. The third-order valence-electron chi connectivity index (χ3n) is 6.03. The first-order valence-corrected chi connectivity index (χ1v) is 12.2. The normalized spacial score (nSPS) is 15.7. The molecule has 3 rings (SSSR count). The van der Waals surface area contributed by atoms with E-state index in [9.17, 15) is 4.79 Å². The first kappa shape index (κ1) is 23.7. The van der Waals surface area contributed by atoms with E-state index in [1.54, 1.807) is 11.3 Å². The molecule has 1 atom stereocenters. The topological polar surface area (TPSA) is 48.0 Å². The lowest BCUT2D eigenvalue weighted by Gasteiger charge is -2.32. The molecule has 7 heteroatoms. The summed E-state index contributed by atoms with van der Waals surface area (Å²) in [5.41, 5.74) is 2.10. The molecule has 1 aliphatic heterocycles. The molecule has 1 aromatic heterocycles. The van der Waals surface area contributed by atoms with Crippen molar-refractivity contribution in [3.63, 3.8) is 0 Å². The van der Waals surface area contributed by atoms with Crippen molar-refractivity contribution in [1.29, 1.82) is 0 Å². The van der Waals surface area contributed by atoms with Crippen LogP contribution < -0.4 is 5.32 Å². The van der Waals surface area contributed by atoms with Crippen molar-refractivity contribution in [2.75, 3.05) is 57.8 Å². The van der Waals surface area contributed by atoms with Crippen LogP contribution in [0.3, 0.4) is 0 Å². The van der Waals surface area contributed by atoms with Gasteiger partial charge >= 0.3 is 6.03 Å². The molecule has 0 saturated carbocycles. The highest BCUT2D eigenvalue weighted by Gasteiger charge is 2.19. The van der Waals surface area contributed by atoms with E-state index in [0.29, 0.717) is 19.1 Å². The Morgan fingerprint density at radius 1 is 1.13 bits per heavy atom. The fourth-order valence-corrected chi connectivity index (χ4v) is 4.59. The maximum absolute atomic E-state index is 13.1. The minimum absolute atomic E-state index is 0.0467. The van der Waals surface area contributed by atoms with E-state index in [1.165, 1.54) is 10.4 Å². The van der Waals surface area contributed by atoms with Gasteiger partial charge in [-0.25, -0.2) is 4.79 Å². The van der Waals surface area contributed by atoms with Crippen molar-refractivity contribution in [2.24, 2.45) is 0 Å². The van der Waals surface area contributed by atoms with Crippen molar-refractivity contribution in [1.82, 2.24) is 14.7 Å². The van der Waals surface area contributed by atoms with Gasteiger partial charge in [-0.3, -0.25) is 4.90 Å². The highest BCUT2D eigenvalue weighted by atomic mass is 32.1. The van der Waals surface area contributed by atoms with Gasteiger partial charge in [-0.15, -0.1) is 11.3 Å². The average molecular weight is 445 g/mol. The Labute approximate surface area is 190 Å². The number of anilines is 1. The van der Waals surface area contributed by atoms with Gasteiger partial charge in [0, 0.05) is 42.8 Å². The van der Waals surface area contributed by atoms with Gasteiger partial charge in [-0.05, 0) is 49.2 Å². The molecule has 0 aliphatic carbocycles. The minimum Gasteiger partial charge on any atom is -0.379 e. The molecule has 2 amide bonds. The standard InChI is InChI=1S/C24H36N4O2S/c1-4-26(5-2)12-13-28(19-23-7-6-18-31-23)24(29)25-22-10-8-21(9-11-22)20(3)27-14-16-30-17-15-27/h6-11,18,20H,4-5,12-17,19H2,1-3H3,(H,25,29). The van der Waals surface area contributed by atoms with Crippen LogP contribution in [0, 0.1) is 0 Å². The molecule has 2 heterocycles. The number of amides is 2. The van der Waals surface area contributed by atoms with Crippen LogP contribution in [-0.4, -0.2) is 73.2 Å². The molecule has 1 aliphatic rings. The van der Waals surface area contributed by atoms with Crippen molar-refractivity contribution in [2.45, 2.75) is 33.4 Å². The Balaban J connectivity index is 1.61. The van der Waals surface area contributed by atoms with Crippen LogP contribution in [0.2, 0.25) is 0 Å². The zero-order valence-electron chi connectivity index (χ0n) is 19.0. The molecular weight excluding hydrogens is 408 g/mol. The molecule has 1 N–H and O–H groups in total. The zero-order valence-corrected chi connectivity index (χ0v) is 19.9. The zero-order chi connectivity index (χ0) is 22.1. The van der Waals surface area contributed by atoms with Gasteiger partial charge in [-0.1, -0.05) is 32.0 Å². The van der Waals surface area contributed by atoms with Gasteiger partial charge in [-0.2, -0.15) is 0 Å². The Kier molecular flexibility index (Phi) is 9.33. The summed E-state index contributed by atoms with van der Waals surface area (Å²) in [5, 5.41) is 5.16. The molecule has 1 unspecified atom stereocenters. The third kappa shape index (κ3) is 7.04. The van der Waals surface area contributed by atoms with E-state index in [0.717, 1.165) is 51.6 Å². The molecule has 0 radical (unpaired) electrons. The number of ether oxygens (including phenoxy) is 1. The van der Waals surface area contributed by atoms with Crippen molar-refractivity contribution in [3.05, 3.63) is 52.2 Å². The molecule has 1 aromatic carbocycles. The number of likely N-dealkylation sites (N-methyl/N-ethyl adjacent to an activating group) is 1. The summed E-state index contributed by atoms with van der Waals surface area (Å²) in [6.07, 6.45) is 0. The predicted molar refractivity (Wildman–Crippen MR) is 129 cm³/mol. The summed E-state index contributed by atoms with van der Waals surface area (Å²) in [6, 6.07) is 12.7. The lowest BCUT2D eigenvalue weighted by Crippen LogP contribution is -2.40. The predicted octanol–water partition coefficient (Wildman–Crippen LogP) is 4.52. The highest BCUT2D eigenvalue weighted by Crippen LogP contribution is 2.23. The summed E-state index contributed by atoms with van der Waals surface area (Å²) >= 11 is 1.69. The number of thiophene rings is 1. The average Bonchev–Trinajstić information content (AvgIpc) is 3.32. The van der Waals surface area contributed by atoms with Crippen LogP contribution in [0.15, 0.2) is 41.8 Å². The number of nitrogens with one attached hydrogen (secondary N) is 1. The first-order valence-electron chi connectivity index (χ1n) is 11.3. The Hall–Kier alpha value is -1.93. The second-order valence-electron chi connectivity index (χ2n) is 7.90. The van der Waals surface area contributed by atoms with Crippen LogP contribution in [0.1, 0.15) is 37.3 Å². The van der Waals surface area contributed by atoms with Gasteiger partial charge < -0.3 is 19.9 Å². The molecule has 31 heavy (non-hydrogen) atoms. The van der Waals surface area contributed by atoms with E-state index >= 15 is 0 Å². The fourth-order valence-electron chi connectivity index (χ4n) is 3.87. The number of benzene rings is 1. The Morgan fingerprint density at radius 3 is 2.45 bits per heavy atom. The quantitative estimate of drug-likeness (QED) is 0.585. The minimum atomic E-state index is -0.0467. The van der Waals surface area contributed by atoms with Gasteiger partial charge in [0.05, 0.1) is 19.8 Å². The van der Waals surface area contributed by atoms with E-state index in [2.05, 4.69) is 59.5 Å². The number of morpholine rings is 1. The smallest absolute Gasteiger partial charge is 0.322 e. The fraction of sp³-hybridized carbons (Fsp3) is 0.542. The largest absolute Gasteiger partial charge is 0.379 e. The summed E-state index contributed by atoms with van der Waals surface area (Å²) < 4.78 is 5.46. The van der Waals surface area contributed by atoms with E-state index < -0.39 is 0 Å². The summed E-state index contributed by atoms with van der Waals surface area (Å²) in [7, 11) is 0. The monoisotopic (exact) mass is 444 g/mol. The van der Waals surface area contributed by atoms with Gasteiger partial charge in [0.1, 0.15) is 0 Å². The lowest BCUT2D eigenvalue weighted by atomic mass is 10.1. The molecule has 170 valence electrons. The van der Waals surface area contributed by atoms with E-state index in [-0.39, 0.29) is 6.03 Å². The molecule has 2 aromatic rings. The number of nitrogens with zero attached hydrogens (tertiary/aromatic N) is 3. The Bertz CT molecular complexity index is 771. The van der Waals surface area contributed by atoms with E-state index in [4.69, 9.17) is 4.74 Å². The van der Waals surface area contributed by atoms with Crippen molar-refractivity contribution >= 4 is 23.1 Å². The number of hydrogen-bond acceptors (Lipinski definition) is 5. The molecule has 0 spiro atoms. The van der Waals surface area contributed by atoms with Crippen LogP contribution in [0.4, 0.5) is 10.5 Å². The lowest BCUT2D eigenvalue weighted by molar-refractivity contribution is 0.0198. The number of carbonyl (C=O) groups is 1. The summed E-state index contributed by atoms with van der Waals surface area (Å²) in [4.78, 5) is 21.0. The van der Waals surface area contributed by atoms with Crippen molar-refractivity contribution in [3.8, 4) is 0 Å². The van der Waals surface area contributed by atoms with Gasteiger partial charge in [0.2, 0.25) is 0 Å². The van der Waals surface area contributed by atoms with Crippen molar-refractivity contribution < 1.29 is 9.53 Å². The maximum Gasteiger partial charge on any atom is 0.322 e. The highest BCUT2D eigenvalue weighted by molar-refractivity contribution is 7.09. The van der Waals surface area contributed by atoms with Gasteiger partial charge in [0.25, 0.3) is 0 Å². The molecule has 0 bridgehead atoms. The molecule has 1 fully saturated rings.